The molecule has 8 heterocycles. The van der Waals surface area contributed by atoms with Gasteiger partial charge in [-0.25, -0.2) is 28.7 Å². The van der Waals surface area contributed by atoms with Crippen LogP contribution in [-0.4, -0.2) is 53.5 Å². The first-order valence-corrected chi connectivity index (χ1v) is 20.8. The standard InChI is InChI=1S/C26H23FN6O.C21H15FN6O2/c27-22-7-8-24-19(9-11-34-24)21(22)14-31-26-30-13-20(25-32-18(12-28)15-33(25)26)16-3-5-17(6-4-16)23-2-1-10-29-23;22-17-1-2-18-14(4-6-30-18)16(17)10-26-21-25-9-15(12-3-5-24-19(29)7-12)20-27-13(8-23)11-28(20)21/h3-8,13,15,23,29H,1-2,9-11,14H2,(H,30,31);1-3,5,7,9,11H,4,6,10H2,(H,24,29)(H,25,26). The zero-order valence-electron chi connectivity index (χ0n) is 34.2. The molecule has 0 spiro atoms. The van der Waals surface area contributed by atoms with Crippen LogP contribution in [0.5, 0.6) is 11.5 Å². The molecule has 11 rings (SSSR count). The van der Waals surface area contributed by atoms with E-state index in [9.17, 15) is 24.1 Å². The minimum atomic E-state index is -0.313. The highest BCUT2D eigenvalue weighted by molar-refractivity contribution is 5.79. The van der Waals surface area contributed by atoms with E-state index in [-0.39, 0.29) is 36.0 Å². The molecule has 318 valence electrons. The van der Waals surface area contributed by atoms with Crippen molar-refractivity contribution in [2.24, 2.45) is 0 Å². The van der Waals surface area contributed by atoms with Crippen molar-refractivity contribution in [3.8, 4) is 45.9 Å². The van der Waals surface area contributed by atoms with E-state index in [1.54, 1.807) is 51.8 Å². The van der Waals surface area contributed by atoms with Crippen molar-refractivity contribution in [2.45, 2.75) is 44.8 Å². The SMILES string of the molecule is N#Cc1cn2c(NCc3c(F)ccc4c3CCO4)ncc(-c3cc[nH]c(=O)c3)c2n1.N#Cc1cn2c(NCc3c(F)ccc4c3CCO4)ncc(-c3ccc(C4CCCN4)cc3)c2n1. The summed E-state index contributed by atoms with van der Waals surface area (Å²) in [5, 5.41) is 28.7. The first-order chi connectivity index (χ1) is 31.3. The van der Waals surface area contributed by atoms with E-state index < -0.39 is 0 Å². The van der Waals surface area contributed by atoms with Gasteiger partial charge in [0.05, 0.1) is 25.6 Å². The Hall–Kier alpha value is -8.15. The summed E-state index contributed by atoms with van der Waals surface area (Å²) < 4.78 is 43.5. The highest BCUT2D eigenvalue weighted by Gasteiger charge is 2.23. The zero-order chi connectivity index (χ0) is 43.7. The van der Waals surface area contributed by atoms with Crippen LogP contribution in [0.2, 0.25) is 0 Å². The monoisotopic (exact) mass is 856 g/mol. The number of pyridine rings is 1. The lowest BCUT2D eigenvalue weighted by molar-refractivity contribution is 0.356. The Labute approximate surface area is 364 Å². The summed E-state index contributed by atoms with van der Waals surface area (Å²) in [5.41, 5.74) is 8.49. The molecule has 4 N–H and O–H groups in total. The molecule has 1 atom stereocenters. The number of nitrogens with one attached hydrogen (secondary N) is 4. The Morgan fingerprint density at radius 2 is 1.31 bits per heavy atom. The number of nitrogens with zero attached hydrogens (tertiary/aromatic N) is 8. The van der Waals surface area contributed by atoms with Crippen LogP contribution in [0.15, 0.2) is 96.4 Å². The Morgan fingerprint density at radius 1 is 0.750 bits per heavy atom. The summed E-state index contributed by atoms with van der Waals surface area (Å²) in [7, 11) is 0. The second-order valence-corrected chi connectivity index (χ2v) is 15.5. The van der Waals surface area contributed by atoms with Crippen LogP contribution in [-0.2, 0) is 25.9 Å². The fourth-order valence-electron chi connectivity index (χ4n) is 8.56. The summed E-state index contributed by atoms with van der Waals surface area (Å²) in [6.07, 6.45) is 11.7. The summed E-state index contributed by atoms with van der Waals surface area (Å²) >= 11 is 0. The largest absolute Gasteiger partial charge is 0.493 e. The Bertz CT molecular complexity index is 3230. The van der Waals surface area contributed by atoms with Crippen molar-refractivity contribution in [1.29, 1.82) is 10.5 Å². The first-order valence-electron chi connectivity index (χ1n) is 20.8. The van der Waals surface area contributed by atoms with Gasteiger partial charge in [0.25, 0.3) is 0 Å². The third kappa shape index (κ3) is 7.58. The Balaban J connectivity index is 0.000000153. The predicted molar refractivity (Wildman–Crippen MR) is 233 cm³/mol. The number of anilines is 2. The lowest BCUT2D eigenvalue weighted by atomic mass is 10.0. The second-order valence-electron chi connectivity index (χ2n) is 15.5. The van der Waals surface area contributed by atoms with Crippen molar-refractivity contribution in [3.63, 3.8) is 0 Å². The van der Waals surface area contributed by atoms with E-state index >= 15 is 0 Å². The number of hydrogen-bond donors (Lipinski definition) is 4. The smallest absolute Gasteiger partial charge is 0.248 e. The Kier molecular flexibility index (Phi) is 10.6. The highest BCUT2D eigenvalue weighted by Crippen LogP contribution is 2.34. The van der Waals surface area contributed by atoms with Crippen LogP contribution in [0.3, 0.4) is 0 Å². The molecule has 5 aromatic heterocycles. The molecule has 0 aliphatic carbocycles. The van der Waals surface area contributed by atoms with E-state index in [4.69, 9.17) is 9.47 Å². The van der Waals surface area contributed by atoms with E-state index in [0.717, 1.165) is 41.0 Å². The summed E-state index contributed by atoms with van der Waals surface area (Å²) in [6.45, 7) is 2.60. The maximum absolute atomic E-state index is 14.6. The summed E-state index contributed by atoms with van der Waals surface area (Å²) in [6, 6.07) is 22.3. The molecule has 0 amide bonds. The lowest BCUT2D eigenvalue weighted by Crippen LogP contribution is -2.12. The third-order valence-electron chi connectivity index (χ3n) is 11.7. The Morgan fingerprint density at radius 3 is 1.83 bits per heavy atom. The van der Waals surface area contributed by atoms with Crippen molar-refractivity contribution in [3.05, 3.63) is 153 Å². The first kappa shape index (κ1) is 40.0. The molecule has 3 aromatic carbocycles. The molecule has 1 fully saturated rings. The molecule has 3 aliphatic rings. The van der Waals surface area contributed by atoms with Gasteiger partial charge in [-0.15, -0.1) is 0 Å². The number of benzene rings is 3. The normalized spacial score (nSPS) is 14.8. The predicted octanol–water partition coefficient (Wildman–Crippen LogP) is 7.02. The molecule has 17 heteroatoms. The summed E-state index contributed by atoms with van der Waals surface area (Å²) in [4.78, 5) is 32.2. The van der Waals surface area contributed by atoms with Gasteiger partial charge in [0.2, 0.25) is 17.5 Å². The molecule has 1 unspecified atom stereocenters. The summed E-state index contributed by atoms with van der Waals surface area (Å²) in [5.74, 6) is 1.75. The number of imidazole rings is 2. The molecular weight excluding hydrogens is 819 g/mol. The van der Waals surface area contributed by atoms with Crippen LogP contribution in [0.4, 0.5) is 20.7 Å². The minimum Gasteiger partial charge on any atom is -0.493 e. The van der Waals surface area contributed by atoms with Gasteiger partial charge >= 0.3 is 0 Å². The number of H-pyrrole nitrogens is 1. The van der Waals surface area contributed by atoms with Gasteiger partial charge in [0, 0.05) is 90.0 Å². The number of halogens is 2. The number of aromatic amines is 1. The molecule has 0 radical (unpaired) electrons. The number of hydrogen-bond acceptors (Lipinski definition) is 12. The van der Waals surface area contributed by atoms with Crippen LogP contribution in [0, 0.1) is 34.3 Å². The maximum Gasteiger partial charge on any atom is 0.248 e. The molecule has 15 nitrogen and oxygen atoms in total. The lowest BCUT2D eigenvalue weighted by Gasteiger charge is -2.14. The molecule has 8 aromatic rings. The van der Waals surface area contributed by atoms with Crippen molar-refractivity contribution >= 4 is 23.2 Å². The van der Waals surface area contributed by atoms with Crippen LogP contribution < -0.4 is 31.0 Å². The van der Waals surface area contributed by atoms with Gasteiger partial charge < -0.3 is 30.4 Å². The fourth-order valence-corrected chi connectivity index (χ4v) is 8.56. The number of nitriles is 2. The maximum atomic E-state index is 14.6. The van der Waals surface area contributed by atoms with Gasteiger partial charge in [0.15, 0.2) is 22.7 Å². The molecule has 0 saturated carbocycles. The van der Waals surface area contributed by atoms with E-state index in [1.807, 2.05) is 6.07 Å². The van der Waals surface area contributed by atoms with Crippen molar-refractivity contribution in [1.82, 2.24) is 39.0 Å². The third-order valence-corrected chi connectivity index (χ3v) is 11.7. The quantitative estimate of drug-likeness (QED) is 0.116. The zero-order valence-corrected chi connectivity index (χ0v) is 34.2. The number of ether oxygens (including phenoxy) is 2. The number of fused-ring (bicyclic) bond motifs is 4. The molecule has 3 aliphatic heterocycles. The number of rotatable bonds is 9. The molecule has 1 saturated heterocycles. The van der Waals surface area contributed by atoms with E-state index in [0.29, 0.717) is 89.0 Å². The molecule has 0 bridgehead atoms. The minimum absolute atomic E-state index is 0.199. The van der Waals surface area contributed by atoms with E-state index in [1.165, 1.54) is 36.4 Å². The second kappa shape index (κ2) is 17.0. The van der Waals surface area contributed by atoms with Gasteiger partial charge in [-0.2, -0.15) is 10.5 Å². The van der Waals surface area contributed by atoms with Gasteiger partial charge in [-0.1, -0.05) is 24.3 Å². The van der Waals surface area contributed by atoms with Crippen molar-refractivity contribution < 1.29 is 18.3 Å². The van der Waals surface area contributed by atoms with E-state index in [2.05, 4.69) is 71.2 Å². The van der Waals surface area contributed by atoms with Crippen LogP contribution in [0.25, 0.3) is 33.5 Å². The van der Waals surface area contributed by atoms with Crippen LogP contribution >= 0.6 is 0 Å². The molecular formula is C47H38F2N12O3. The van der Waals surface area contributed by atoms with Gasteiger partial charge in [-0.05, 0) is 66.4 Å². The van der Waals surface area contributed by atoms with Gasteiger partial charge in [0.1, 0.15) is 35.3 Å². The topological polar surface area (TPSA) is 195 Å². The van der Waals surface area contributed by atoms with Crippen LogP contribution in [0.1, 0.15) is 58.1 Å². The average Bonchev–Trinajstić information content (AvgIpc) is 4.18. The molecule has 64 heavy (non-hydrogen) atoms. The highest BCUT2D eigenvalue weighted by atomic mass is 19.1. The fraction of sp³-hybridized carbons (Fsp3) is 0.213. The number of aromatic nitrogens is 7. The van der Waals surface area contributed by atoms with Crippen molar-refractivity contribution in [2.75, 3.05) is 30.4 Å². The van der Waals surface area contributed by atoms with Gasteiger partial charge in [-0.3, -0.25) is 13.6 Å². The average molecular weight is 857 g/mol.